The molecule has 0 spiro atoms. The molecule has 1 atom stereocenters. The van der Waals surface area contributed by atoms with Crippen molar-refractivity contribution in [2.45, 2.75) is 37.6 Å². The first-order chi connectivity index (χ1) is 11.0. The smallest absolute Gasteiger partial charge is 0.248 e. The second-order valence-corrected chi connectivity index (χ2v) is 7.38. The van der Waals surface area contributed by atoms with Gasteiger partial charge in [0, 0.05) is 6.54 Å². The molecule has 0 aromatic carbocycles. The maximum atomic E-state index is 13.6. The quantitative estimate of drug-likeness (QED) is 0.834. The van der Waals surface area contributed by atoms with Gasteiger partial charge in [-0.05, 0) is 42.9 Å². The fraction of sp³-hybridized carbons (Fsp3) is 0.600. The molecule has 1 aliphatic heterocycles. The lowest BCUT2D eigenvalue weighted by Gasteiger charge is -2.34. The van der Waals surface area contributed by atoms with Crippen LogP contribution in [0, 0.1) is 0 Å². The van der Waals surface area contributed by atoms with Crippen molar-refractivity contribution < 1.29 is 13.5 Å². The van der Waals surface area contributed by atoms with Crippen molar-refractivity contribution >= 4 is 39.2 Å². The van der Waals surface area contributed by atoms with E-state index in [1.807, 2.05) is 13.0 Å². The normalized spacial score (nSPS) is 23.7. The lowest BCUT2D eigenvalue weighted by atomic mass is 9.96. The number of pyridine rings is 1. The summed E-state index contributed by atoms with van der Waals surface area (Å²) in [6.45, 7) is 3.94. The van der Waals surface area contributed by atoms with Gasteiger partial charge >= 0.3 is 0 Å². The average molecular weight is 360 g/mol. The Kier molecular flexibility index (Phi) is 3.70. The van der Waals surface area contributed by atoms with E-state index in [0.717, 1.165) is 11.5 Å². The van der Waals surface area contributed by atoms with E-state index in [4.69, 9.17) is 16.3 Å². The van der Waals surface area contributed by atoms with Gasteiger partial charge in [-0.3, -0.25) is 0 Å². The first-order valence-electron chi connectivity index (χ1n) is 7.62. The van der Waals surface area contributed by atoms with Gasteiger partial charge in [0.15, 0.2) is 5.15 Å². The van der Waals surface area contributed by atoms with Crippen LogP contribution < -0.4 is 4.90 Å². The molecule has 2 aromatic heterocycles. The number of morpholine rings is 1. The SMILES string of the molecule is C[C@@H]1COCCN1c1cc(C2(C(F)F)CC2)c2snc(Cl)c2n1. The van der Waals surface area contributed by atoms with Crippen LogP contribution in [0.2, 0.25) is 5.15 Å². The number of fused-ring (bicyclic) bond motifs is 1. The zero-order valence-electron chi connectivity index (χ0n) is 12.6. The van der Waals surface area contributed by atoms with Gasteiger partial charge in [-0.15, -0.1) is 0 Å². The molecule has 0 radical (unpaired) electrons. The summed E-state index contributed by atoms with van der Waals surface area (Å²) in [5.41, 5.74) is 0.131. The number of hydrogen-bond acceptors (Lipinski definition) is 5. The highest BCUT2D eigenvalue weighted by Gasteiger charge is 2.54. The molecule has 0 N–H and O–H groups in total. The molecule has 23 heavy (non-hydrogen) atoms. The van der Waals surface area contributed by atoms with Gasteiger partial charge in [-0.25, -0.2) is 13.8 Å². The second kappa shape index (κ2) is 5.50. The number of nitrogens with zero attached hydrogens (tertiary/aromatic N) is 3. The Morgan fingerprint density at radius 2 is 2.26 bits per heavy atom. The molecular formula is C15H16ClF2N3OS. The first kappa shape index (κ1) is 15.5. The van der Waals surface area contributed by atoms with Crippen molar-refractivity contribution in [1.29, 1.82) is 0 Å². The highest BCUT2D eigenvalue weighted by atomic mass is 35.5. The van der Waals surface area contributed by atoms with Gasteiger partial charge in [-0.2, -0.15) is 4.37 Å². The fourth-order valence-electron chi connectivity index (χ4n) is 3.21. The summed E-state index contributed by atoms with van der Waals surface area (Å²) in [4.78, 5) is 6.71. The number of alkyl halides is 2. The fourth-order valence-corrected chi connectivity index (χ4v) is 4.35. The van der Waals surface area contributed by atoms with E-state index in [1.54, 1.807) is 0 Å². The van der Waals surface area contributed by atoms with Crippen molar-refractivity contribution in [3.8, 4) is 0 Å². The number of rotatable bonds is 3. The van der Waals surface area contributed by atoms with Crippen LogP contribution in [0.15, 0.2) is 6.07 Å². The predicted octanol–water partition coefficient (Wildman–Crippen LogP) is 3.87. The maximum absolute atomic E-state index is 13.6. The molecular weight excluding hydrogens is 344 g/mol. The minimum Gasteiger partial charge on any atom is -0.377 e. The molecule has 1 saturated carbocycles. The van der Waals surface area contributed by atoms with Crippen molar-refractivity contribution in [2.75, 3.05) is 24.7 Å². The highest BCUT2D eigenvalue weighted by Crippen LogP contribution is 2.55. The molecule has 0 bridgehead atoms. The lowest BCUT2D eigenvalue weighted by molar-refractivity contribution is 0.0980. The molecule has 1 saturated heterocycles. The van der Waals surface area contributed by atoms with Crippen LogP contribution in [0.5, 0.6) is 0 Å². The lowest BCUT2D eigenvalue weighted by Crippen LogP contribution is -2.44. The topological polar surface area (TPSA) is 38.2 Å². The summed E-state index contributed by atoms with van der Waals surface area (Å²) in [5.74, 6) is 0.692. The molecule has 0 unspecified atom stereocenters. The summed E-state index contributed by atoms with van der Waals surface area (Å²) in [6, 6.07) is 1.96. The molecule has 8 heteroatoms. The largest absolute Gasteiger partial charge is 0.377 e. The van der Waals surface area contributed by atoms with E-state index in [-0.39, 0.29) is 6.04 Å². The third-order valence-electron chi connectivity index (χ3n) is 4.78. The van der Waals surface area contributed by atoms with Gasteiger partial charge in [-0.1, -0.05) is 11.6 Å². The van der Waals surface area contributed by atoms with Crippen LogP contribution in [-0.4, -0.2) is 41.6 Å². The molecule has 124 valence electrons. The van der Waals surface area contributed by atoms with E-state index in [1.165, 1.54) is 0 Å². The summed E-state index contributed by atoms with van der Waals surface area (Å²) < 4.78 is 37.5. The number of ether oxygens (including phenoxy) is 1. The molecule has 1 aliphatic carbocycles. The Bertz CT molecular complexity index is 750. The summed E-state index contributed by atoms with van der Waals surface area (Å²) >= 11 is 7.31. The standard InChI is InChI=1S/C15H16ClF2N3OS/c1-8-7-22-5-4-21(8)10-6-9(15(2-3-15)14(17)18)12-11(19-10)13(16)20-23-12/h6,8,14H,2-5,7H2,1H3/t8-/m1/s1. The maximum Gasteiger partial charge on any atom is 0.248 e. The molecule has 4 nitrogen and oxygen atoms in total. The van der Waals surface area contributed by atoms with Crippen LogP contribution >= 0.6 is 23.1 Å². The van der Waals surface area contributed by atoms with Crippen molar-refractivity contribution in [2.24, 2.45) is 0 Å². The first-order valence-corrected chi connectivity index (χ1v) is 8.77. The van der Waals surface area contributed by atoms with Gasteiger partial charge in [0.25, 0.3) is 0 Å². The Hall–Kier alpha value is -1.05. The Balaban J connectivity index is 1.88. The van der Waals surface area contributed by atoms with Crippen LogP contribution in [0.25, 0.3) is 10.2 Å². The predicted molar refractivity (Wildman–Crippen MR) is 87.0 cm³/mol. The van der Waals surface area contributed by atoms with Crippen LogP contribution in [0.4, 0.5) is 14.6 Å². The van der Waals surface area contributed by atoms with E-state index in [0.29, 0.717) is 59.4 Å². The molecule has 2 fully saturated rings. The highest BCUT2D eigenvalue weighted by molar-refractivity contribution is 7.14. The summed E-state index contributed by atoms with van der Waals surface area (Å²) in [6.07, 6.45) is -1.39. The number of anilines is 1. The van der Waals surface area contributed by atoms with Crippen LogP contribution in [0.1, 0.15) is 25.3 Å². The van der Waals surface area contributed by atoms with E-state index in [2.05, 4.69) is 14.3 Å². The van der Waals surface area contributed by atoms with Crippen molar-refractivity contribution in [1.82, 2.24) is 9.36 Å². The minimum atomic E-state index is -2.39. The van der Waals surface area contributed by atoms with E-state index in [9.17, 15) is 8.78 Å². The Morgan fingerprint density at radius 1 is 1.48 bits per heavy atom. The van der Waals surface area contributed by atoms with Gasteiger partial charge in [0.2, 0.25) is 6.43 Å². The summed E-state index contributed by atoms with van der Waals surface area (Å²) in [5, 5.41) is 0.291. The monoisotopic (exact) mass is 359 g/mol. The Morgan fingerprint density at radius 3 is 2.91 bits per heavy atom. The molecule has 2 aliphatic rings. The third kappa shape index (κ3) is 2.40. The molecule has 2 aromatic rings. The molecule has 4 rings (SSSR count). The third-order valence-corrected chi connectivity index (χ3v) is 6.01. The van der Waals surface area contributed by atoms with Crippen molar-refractivity contribution in [3.63, 3.8) is 0 Å². The zero-order valence-corrected chi connectivity index (χ0v) is 14.1. The van der Waals surface area contributed by atoms with E-state index >= 15 is 0 Å². The van der Waals surface area contributed by atoms with Crippen LogP contribution in [-0.2, 0) is 10.2 Å². The van der Waals surface area contributed by atoms with Gasteiger partial charge in [0.05, 0.1) is 29.4 Å². The van der Waals surface area contributed by atoms with Crippen LogP contribution in [0.3, 0.4) is 0 Å². The number of halogens is 3. The molecule has 0 amide bonds. The van der Waals surface area contributed by atoms with Gasteiger partial charge in [0.1, 0.15) is 11.3 Å². The molecule has 3 heterocycles. The van der Waals surface area contributed by atoms with Gasteiger partial charge < -0.3 is 9.64 Å². The summed E-state index contributed by atoms with van der Waals surface area (Å²) in [7, 11) is 0. The Labute approximate surface area is 141 Å². The number of hydrogen-bond donors (Lipinski definition) is 0. The average Bonchev–Trinajstić information content (AvgIpc) is 3.27. The minimum absolute atomic E-state index is 0.147. The van der Waals surface area contributed by atoms with E-state index < -0.39 is 11.8 Å². The number of aromatic nitrogens is 2. The van der Waals surface area contributed by atoms with Crippen molar-refractivity contribution in [3.05, 3.63) is 16.8 Å². The zero-order chi connectivity index (χ0) is 16.2. The second-order valence-electron chi connectivity index (χ2n) is 6.25.